The lowest BCUT2D eigenvalue weighted by Gasteiger charge is -2.49. The third-order valence-corrected chi connectivity index (χ3v) is 13.5. The molecule has 8 unspecified atom stereocenters. The van der Waals surface area contributed by atoms with E-state index in [-0.39, 0.29) is 43.7 Å². The number of cyclic esters (lactones) is 1. The first-order valence-electron chi connectivity index (χ1n) is 22.3. The topological polar surface area (TPSA) is 225 Å². The van der Waals surface area contributed by atoms with Crippen LogP contribution in [0.3, 0.4) is 0 Å². The molecule has 1 aromatic carbocycles. The number of carbonyl (C=O) groups is 2. The summed E-state index contributed by atoms with van der Waals surface area (Å²) in [7, 11) is 5.18. The Morgan fingerprint density at radius 2 is 1.57 bits per heavy atom. The van der Waals surface area contributed by atoms with Crippen molar-refractivity contribution in [1.82, 2.24) is 4.90 Å². The Balaban J connectivity index is 1.81. The minimum Gasteiger partial charge on any atom is -0.459 e. The molecule has 0 aliphatic carbocycles. The van der Waals surface area contributed by atoms with Crippen LogP contribution in [-0.4, -0.2) is 160 Å². The predicted octanol–water partition coefficient (Wildman–Crippen LogP) is 3.33. The van der Waals surface area contributed by atoms with Crippen LogP contribution in [0.2, 0.25) is 0 Å². The summed E-state index contributed by atoms with van der Waals surface area (Å²) in [4.78, 5) is 34.6. The largest absolute Gasteiger partial charge is 0.459 e. The lowest BCUT2D eigenvalue weighted by atomic mass is 9.73. The van der Waals surface area contributed by atoms with Crippen LogP contribution in [0.4, 0.5) is 0 Å². The summed E-state index contributed by atoms with van der Waals surface area (Å²) in [5.41, 5.74) is -3.99. The Hall–Kier alpha value is -2.81. The van der Waals surface area contributed by atoms with Crippen molar-refractivity contribution in [3.63, 3.8) is 0 Å². The van der Waals surface area contributed by atoms with E-state index in [9.17, 15) is 35.1 Å². The van der Waals surface area contributed by atoms with Crippen molar-refractivity contribution in [2.75, 3.05) is 27.8 Å². The molecule has 0 saturated carbocycles. The monoisotopic (exact) mass is 897 g/mol. The molecule has 5 N–H and O–H groups in total. The summed E-state index contributed by atoms with van der Waals surface area (Å²) < 4.78 is 43.1. The van der Waals surface area contributed by atoms with E-state index in [4.69, 9.17) is 38.0 Å². The molecule has 360 valence electrons. The predicted molar refractivity (Wildman–Crippen MR) is 231 cm³/mol. The molecule has 3 heterocycles. The molecule has 3 aliphatic rings. The summed E-state index contributed by atoms with van der Waals surface area (Å²) >= 11 is 0. The van der Waals surface area contributed by atoms with Crippen molar-refractivity contribution >= 4 is 17.7 Å². The highest BCUT2D eigenvalue weighted by Gasteiger charge is 2.53. The van der Waals surface area contributed by atoms with Gasteiger partial charge in [0.05, 0.1) is 53.4 Å². The van der Waals surface area contributed by atoms with Crippen LogP contribution >= 0.6 is 0 Å². The Kier molecular flexibility index (Phi) is 18.5. The number of aliphatic hydroxyl groups excluding tert-OH is 3. The highest BCUT2D eigenvalue weighted by atomic mass is 16.7. The fraction of sp³-hybridized carbons (Fsp3) is 0.804. The van der Waals surface area contributed by atoms with Crippen molar-refractivity contribution in [2.24, 2.45) is 28.8 Å². The standard InChI is InChI=1S/C46H76N2O15/c1-14-33-46(10,55)39(51)27(4)36(47-58-24-34(49)57-23-31-18-16-15-17-19-31)25(2)21-44(8,54)41(63-43-37(50)32(48(11)12)20-26(3)59-43)28(5)38(29(6)42(53)61-33)62-35-22-45(9,56-13)40(52)30(7)60-35/h15-19,25-30,32-33,35,37-41,43,50-52,54-55H,14,20-24H2,1-13H3/b47-36+/t25-,26?,27+,28+,29-,30?,32?,33-,35?,37?,38+,39-,40?,41-,43?,44-,45?,46-/m1/s1. The van der Waals surface area contributed by atoms with E-state index in [1.165, 1.54) is 14.0 Å². The second-order valence-electron chi connectivity index (χ2n) is 19.0. The van der Waals surface area contributed by atoms with Gasteiger partial charge in [0.25, 0.3) is 0 Å². The van der Waals surface area contributed by atoms with Gasteiger partial charge in [0.15, 0.2) is 12.6 Å². The van der Waals surface area contributed by atoms with Gasteiger partial charge in [0.2, 0.25) is 6.61 Å². The SMILES string of the molecule is CC[C@H]1OC(=O)[C@H](C)[C@@H](OC2CC(C)(OC)C(O)C(C)O2)[C@H](C)[C@@H](OC2OC(C)CC(N(C)C)C2O)[C@](C)(O)C[C@@H](C)/C(=N\OCC(=O)OCc2ccccc2)[C@H](C)[C@@H](O)[C@]1(C)O. The highest BCUT2D eigenvalue weighted by molar-refractivity contribution is 5.89. The Morgan fingerprint density at radius 3 is 2.17 bits per heavy atom. The number of hydrogen-bond donors (Lipinski definition) is 5. The molecule has 0 spiro atoms. The van der Waals surface area contributed by atoms with Gasteiger partial charge in [0.1, 0.15) is 30.5 Å². The van der Waals surface area contributed by atoms with E-state index in [0.29, 0.717) is 6.42 Å². The molecule has 0 aromatic heterocycles. The molecule has 4 rings (SSSR count). The Bertz CT molecular complexity index is 1650. The van der Waals surface area contributed by atoms with Gasteiger partial charge in [-0.1, -0.05) is 63.2 Å². The summed E-state index contributed by atoms with van der Waals surface area (Å²) in [6, 6.07) is 8.77. The molecule has 3 fully saturated rings. The zero-order chi connectivity index (χ0) is 47.2. The Labute approximate surface area is 373 Å². The van der Waals surface area contributed by atoms with Crippen LogP contribution in [-0.2, 0) is 54.2 Å². The lowest BCUT2D eigenvalue weighted by Crippen LogP contribution is -2.61. The van der Waals surface area contributed by atoms with Gasteiger partial charge in [-0.3, -0.25) is 4.79 Å². The summed E-state index contributed by atoms with van der Waals surface area (Å²) in [5.74, 6) is -5.16. The number of methoxy groups -OCH3 is 1. The maximum atomic E-state index is 14.4. The zero-order valence-corrected chi connectivity index (χ0v) is 39.5. The van der Waals surface area contributed by atoms with E-state index < -0.39 is 114 Å². The number of esters is 2. The van der Waals surface area contributed by atoms with Crippen molar-refractivity contribution in [3.05, 3.63) is 35.9 Å². The number of carbonyl (C=O) groups excluding carboxylic acids is 2. The van der Waals surface area contributed by atoms with Gasteiger partial charge in [-0.15, -0.1) is 0 Å². The fourth-order valence-electron chi connectivity index (χ4n) is 9.53. The van der Waals surface area contributed by atoms with Crippen LogP contribution in [0.1, 0.15) is 100 Å². The third kappa shape index (κ3) is 12.8. The van der Waals surface area contributed by atoms with E-state index in [1.807, 2.05) is 56.3 Å². The maximum absolute atomic E-state index is 14.4. The van der Waals surface area contributed by atoms with Gasteiger partial charge in [-0.25, -0.2) is 4.79 Å². The molecule has 18 atom stereocenters. The molecule has 17 nitrogen and oxygen atoms in total. The molecular formula is C46H76N2O15. The van der Waals surface area contributed by atoms with Crippen LogP contribution in [0, 0.1) is 23.7 Å². The smallest absolute Gasteiger partial charge is 0.347 e. The second kappa shape index (κ2) is 22.1. The molecule has 63 heavy (non-hydrogen) atoms. The van der Waals surface area contributed by atoms with Gasteiger partial charge in [-0.05, 0) is 80.5 Å². The third-order valence-electron chi connectivity index (χ3n) is 13.5. The van der Waals surface area contributed by atoms with Crippen molar-refractivity contribution in [2.45, 2.75) is 186 Å². The maximum Gasteiger partial charge on any atom is 0.347 e. The molecule has 3 aliphatic heterocycles. The first-order chi connectivity index (χ1) is 29.4. The first-order valence-corrected chi connectivity index (χ1v) is 22.3. The van der Waals surface area contributed by atoms with Gasteiger partial charge < -0.3 is 68.4 Å². The van der Waals surface area contributed by atoms with Crippen molar-refractivity contribution in [1.29, 1.82) is 0 Å². The van der Waals surface area contributed by atoms with Crippen LogP contribution in [0.25, 0.3) is 0 Å². The number of hydrogen-bond acceptors (Lipinski definition) is 17. The van der Waals surface area contributed by atoms with Gasteiger partial charge in [0, 0.05) is 37.3 Å². The normalized spacial score (nSPS) is 42.9. The number of oxime groups is 1. The second-order valence-corrected chi connectivity index (χ2v) is 19.0. The first kappa shape index (κ1) is 52.8. The van der Waals surface area contributed by atoms with Crippen LogP contribution in [0.15, 0.2) is 35.5 Å². The number of ether oxygens (including phenoxy) is 7. The van der Waals surface area contributed by atoms with Crippen LogP contribution < -0.4 is 0 Å². The van der Waals surface area contributed by atoms with Gasteiger partial charge in [-0.2, -0.15) is 0 Å². The zero-order valence-electron chi connectivity index (χ0n) is 39.5. The van der Waals surface area contributed by atoms with Gasteiger partial charge >= 0.3 is 11.9 Å². The molecule has 0 radical (unpaired) electrons. The number of likely N-dealkylation sites (N-methyl/N-ethyl adjacent to an activating group) is 1. The van der Waals surface area contributed by atoms with Crippen LogP contribution in [0.5, 0.6) is 0 Å². The van der Waals surface area contributed by atoms with E-state index >= 15 is 0 Å². The summed E-state index contributed by atoms with van der Waals surface area (Å²) in [5, 5.41) is 63.9. The minimum atomic E-state index is -2.04. The van der Waals surface area contributed by atoms with Crippen molar-refractivity contribution in [3.8, 4) is 0 Å². The lowest BCUT2D eigenvalue weighted by molar-refractivity contribution is -0.317. The number of rotatable bonds is 12. The molecule has 0 bridgehead atoms. The molecule has 3 saturated heterocycles. The highest BCUT2D eigenvalue weighted by Crippen LogP contribution is 2.41. The fourth-order valence-corrected chi connectivity index (χ4v) is 9.53. The Morgan fingerprint density at radius 1 is 0.921 bits per heavy atom. The van der Waals surface area contributed by atoms with E-state index in [2.05, 4.69) is 5.16 Å². The van der Waals surface area contributed by atoms with Crippen molar-refractivity contribution < 1.29 is 73.1 Å². The quantitative estimate of drug-likeness (QED) is 0.150. The average molecular weight is 897 g/mol. The summed E-state index contributed by atoms with van der Waals surface area (Å²) in [6.45, 7) is 16.1. The molecule has 17 heteroatoms. The minimum absolute atomic E-state index is 0.0178. The number of nitrogens with zero attached hydrogens (tertiary/aromatic N) is 2. The average Bonchev–Trinajstić information content (AvgIpc) is 3.23. The van der Waals surface area contributed by atoms with E-state index in [1.54, 1.807) is 55.4 Å². The number of benzene rings is 1. The van der Waals surface area contributed by atoms with E-state index in [0.717, 1.165) is 5.56 Å². The molecular weight excluding hydrogens is 821 g/mol. The number of aliphatic hydroxyl groups is 5. The molecule has 0 amide bonds. The molecule has 1 aromatic rings. The summed E-state index contributed by atoms with van der Waals surface area (Å²) in [6.07, 6.45) is -10.1.